The molecule has 1 aromatic carbocycles. The molecule has 2 rings (SSSR count). The van der Waals surface area contributed by atoms with Gasteiger partial charge in [0.15, 0.2) is 5.78 Å². The molecule has 0 aliphatic carbocycles. The molecule has 0 unspecified atom stereocenters. The number of halogens is 2. The number of nitrogens with zero attached hydrogens (tertiary/aromatic N) is 1. The van der Waals surface area contributed by atoms with Gasteiger partial charge in [0.25, 0.3) is 0 Å². The lowest BCUT2D eigenvalue weighted by Gasteiger charge is -2.23. The third-order valence-electron chi connectivity index (χ3n) is 4.05. The van der Waals surface area contributed by atoms with Gasteiger partial charge in [-0.05, 0) is 31.5 Å². The highest BCUT2D eigenvalue weighted by atomic mass is 35.5. The zero-order valence-corrected chi connectivity index (χ0v) is 15.4. The number of amides is 1. The van der Waals surface area contributed by atoms with Crippen molar-refractivity contribution in [3.8, 4) is 0 Å². The van der Waals surface area contributed by atoms with Gasteiger partial charge in [-0.15, -0.1) is 0 Å². The van der Waals surface area contributed by atoms with Gasteiger partial charge in [-0.1, -0.05) is 24.6 Å². The topological polar surface area (TPSA) is 85.1 Å². The van der Waals surface area contributed by atoms with E-state index in [0.717, 1.165) is 0 Å². The lowest BCUT2D eigenvalue weighted by Crippen LogP contribution is -2.34. The second kappa shape index (κ2) is 8.87. The highest BCUT2D eigenvalue weighted by molar-refractivity contribution is 6.35. The molecule has 0 bridgehead atoms. The van der Waals surface area contributed by atoms with Crippen LogP contribution in [-0.4, -0.2) is 22.7 Å². The number of pyridine rings is 1. The van der Waals surface area contributed by atoms with Crippen molar-refractivity contribution in [1.82, 2.24) is 10.3 Å². The minimum Gasteiger partial charge on any atom is -0.370 e. The number of primary amides is 1. The summed E-state index contributed by atoms with van der Waals surface area (Å²) in [5, 5.41) is 3.21. The Morgan fingerprint density at radius 2 is 2.08 bits per heavy atom. The molecule has 1 amide bonds. The molecule has 0 saturated carbocycles. The number of benzene rings is 1. The average molecular weight is 378 g/mol. The van der Waals surface area contributed by atoms with Crippen molar-refractivity contribution in [1.29, 1.82) is 0 Å². The molecule has 3 N–H and O–H groups in total. The van der Waals surface area contributed by atoms with Crippen molar-refractivity contribution >= 4 is 23.3 Å². The van der Waals surface area contributed by atoms with Crippen LogP contribution in [0.25, 0.3) is 0 Å². The molecule has 138 valence electrons. The Morgan fingerprint density at radius 1 is 1.35 bits per heavy atom. The second-order valence-electron chi connectivity index (χ2n) is 6.10. The van der Waals surface area contributed by atoms with Gasteiger partial charge >= 0.3 is 0 Å². The van der Waals surface area contributed by atoms with Crippen molar-refractivity contribution in [2.45, 2.75) is 38.8 Å². The fraction of sp³-hybridized carbons (Fsp3) is 0.316. The summed E-state index contributed by atoms with van der Waals surface area (Å²) in [5.41, 5.74) is 5.60. The summed E-state index contributed by atoms with van der Waals surface area (Å²) in [6, 6.07) is 5.60. The molecule has 26 heavy (non-hydrogen) atoms. The number of rotatable bonds is 8. The van der Waals surface area contributed by atoms with E-state index in [2.05, 4.69) is 10.3 Å². The Morgan fingerprint density at radius 3 is 2.65 bits per heavy atom. The normalized spacial score (nSPS) is 13.2. The lowest BCUT2D eigenvalue weighted by atomic mass is 9.96. The summed E-state index contributed by atoms with van der Waals surface area (Å²) in [6.07, 6.45) is 3.59. The van der Waals surface area contributed by atoms with Gasteiger partial charge in [0.1, 0.15) is 5.82 Å². The molecule has 2 atom stereocenters. The number of carbonyl (C=O) groups excluding carboxylic acids is 2. The quantitative estimate of drug-likeness (QED) is 0.690. The molecule has 1 heterocycles. The van der Waals surface area contributed by atoms with Crippen molar-refractivity contribution < 1.29 is 14.0 Å². The van der Waals surface area contributed by atoms with Gasteiger partial charge in [0, 0.05) is 42.0 Å². The zero-order chi connectivity index (χ0) is 19.3. The van der Waals surface area contributed by atoms with Gasteiger partial charge in [-0.3, -0.25) is 14.6 Å². The molecule has 0 fully saturated rings. The summed E-state index contributed by atoms with van der Waals surface area (Å²) in [7, 11) is 0. The van der Waals surface area contributed by atoms with E-state index in [1.807, 2.05) is 6.92 Å². The SMILES string of the molecule is CC[C@@H](N[C@H](C)CC(N)=O)c1ccc(Cl)c(C(=O)c2cccnc2)c1F. The lowest BCUT2D eigenvalue weighted by molar-refractivity contribution is -0.118. The summed E-state index contributed by atoms with van der Waals surface area (Å²) in [4.78, 5) is 27.6. The van der Waals surface area contributed by atoms with Crippen LogP contribution >= 0.6 is 11.6 Å². The highest BCUT2D eigenvalue weighted by Gasteiger charge is 2.25. The van der Waals surface area contributed by atoms with E-state index >= 15 is 4.39 Å². The van der Waals surface area contributed by atoms with Crippen LogP contribution in [0.2, 0.25) is 5.02 Å². The molecule has 1 aromatic heterocycles. The van der Waals surface area contributed by atoms with Crippen LogP contribution in [-0.2, 0) is 4.79 Å². The number of hydrogen-bond acceptors (Lipinski definition) is 4. The first-order valence-electron chi connectivity index (χ1n) is 8.32. The van der Waals surface area contributed by atoms with Crippen LogP contribution < -0.4 is 11.1 Å². The molecule has 0 aliphatic rings. The Bertz CT molecular complexity index is 799. The number of nitrogens with one attached hydrogen (secondary N) is 1. The smallest absolute Gasteiger partial charge is 0.218 e. The number of aromatic nitrogens is 1. The number of ketones is 1. The minimum atomic E-state index is -0.669. The molecule has 0 radical (unpaired) electrons. The van der Waals surface area contributed by atoms with E-state index < -0.39 is 17.5 Å². The third-order valence-corrected chi connectivity index (χ3v) is 4.36. The Labute approximate surface area is 156 Å². The molecule has 7 heteroatoms. The molecule has 5 nitrogen and oxygen atoms in total. The predicted octanol–water partition coefficient (Wildman–Crippen LogP) is 3.41. The van der Waals surface area contributed by atoms with Crippen molar-refractivity contribution in [2.75, 3.05) is 0 Å². The maximum absolute atomic E-state index is 15.2. The van der Waals surface area contributed by atoms with E-state index in [4.69, 9.17) is 17.3 Å². The summed E-state index contributed by atoms with van der Waals surface area (Å²) < 4.78 is 15.2. The maximum Gasteiger partial charge on any atom is 0.218 e. The number of carbonyl (C=O) groups is 2. The molecule has 2 aromatic rings. The Hall–Kier alpha value is -2.31. The van der Waals surface area contributed by atoms with E-state index in [1.165, 1.54) is 18.5 Å². The summed E-state index contributed by atoms with van der Waals surface area (Å²) in [6.45, 7) is 3.67. The fourth-order valence-corrected chi connectivity index (χ4v) is 3.05. The van der Waals surface area contributed by atoms with E-state index in [-0.39, 0.29) is 34.7 Å². The number of hydrogen-bond donors (Lipinski definition) is 2. The highest BCUT2D eigenvalue weighted by Crippen LogP contribution is 2.30. The van der Waals surface area contributed by atoms with Crippen LogP contribution in [0.1, 0.15) is 54.2 Å². The van der Waals surface area contributed by atoms with Crippen molar-refractivity contribution in [3.63, 3.8) is 0 Å². The monoisotopic (exact) mass is 377 g/mol. The first-order chi connectivity index (χ1) is 12.3. The van der Waals surface area contributed by atoms with Crippen molar-refractivity contribution in [3.05, 3.63) is 64.2 Å². The molecular formula is C19H21ClFN3O2. The standard InChI is InChI=1S/C19H21ClFN3O2/c1-3-15(24-11(2)9-16(22)25)13-6-7-14(20)17(18(13)21)19(26)12-5-4-8-23-10-12/h4-8,10-11,15,24H,3,9H2,1-2H3,(H2,22,25)/t11-,15-/m1/s1. The maximum atomic E-state index is 15.2. The molecule has 0 aliphatic heterocycles. The number of nitrogens with two attached hydrogens (primary N) is 1. The Kier molecular flexibility index (Phi) is 6.83. The van der Waals surface area contributed by atoms with Crippen LogP contribution in [0.5, 0.6) is 0 Å². The van der Waals surface area contributed by atoms with E-state index in [1.54, 1.807) is 25.1 Å². The van der Waals surface area contributed by atoms with E-state index in [0.29, 0.717) is 12.0 Å². The van der Waals surface area contributed by atoms with Gasteiger partial charge < -0.3 is 11.1 Å². The van der Waals surface area contributed by atoms with Crippen LogP contribution in [0.15, 0.2) is 36.7 Å². The largest absolute Gasteiger partial charge is 0.370 e. The van der Waals surface area contributed by atoms with Gasteiger partial charge in [-0.2, -0.15) is 0 Å². The van der Waals surface area contributed by atoms with Gasteiger partial charge in [-0.25, -0.2) is 4.39 Å². The van der Waals surface area contributed by atoms with Crippen LogP contribution in [0.3, 0.4) is 0 Å². The van der Waals surface area contributed by atoms with Gasteiger partial charge in [0.2, 0.25) is 5.91 Å². The second-order valence-corrected chi connectivity index (χ2v) is 6.50. The molecule has 0 spiro atoms. The molecular weight excluding hydrogens is 357 g/mol. The first-order valence-corrected chi connectivity index (χ1v) is 8.69. The third kappa shape index (κ3) is 4.65. The van der Waals surface area contributed by atoms with Crippen molar-refractivity contribution in [2.24, 2.45) is 5.73 Å². The van der Waals surface area contributed by atoms with Crippen LogP contribution in [0.4, 0.5) is 4.39 Å². The zero-order valence-electron chi connectivity index (χ0n) is 14.6. The van der Waals surface area contributed by atoms with E-state index in [9.17, 15) is 9.59 Å². The predicted molar refractivity (Wildman–Crippen MR) is 98.5 cm³/mol. The fourth-order valence-electron chi connectivity index (χ4n) is 2.82. The van der Waals surface area contributed by atoms with Crippen LogP contribution in [0, 0.1) is 5.82 Å². The van der Waals surface area contributed by atoms with Gasteiger partial charge in [0.05, 0.1) is 10.6 Å². The minimum absolute atomic E-state index is 0.0418. The first kappa shape index (κ1) is 20.0. The Balaban J connectivity index is 2.38. The summed E-state index contributed by atoms with van der Waals surface area (Å²) in [5.74, 6) is -1.64. The average Bonchev–Trinajstić information content (AvgIpc) is 2.60. The summed E-state index contributed by atoms with van der Waals surface area (Å²) >= 11 is 6.11. The molecule has 0 saturated heterocycles.